The van der Waals surface area contributed by atoms with Crippen LogP contribution in [-0.2, 0) is 4.74 Å². The van der Waals surface area contributed by atoms with Gasteiger partial charge < -0.3 is 4.74 Å². The maximum Gasteiger partial charge on any atom is 0.0993 e. The lowest BCUT2D eigenvalue weighted by Gasteiger charge is -2.46. The normalized spacial score (nSPS) is 23.4. The topological polar surface area (TPSA) is 12.5 Å². The second kappa shape index (κ2) is 6.41. The molecule has 1 atom stereocenters. The van der Waals surface area contributed by atoms with Crippen LogP contribution in [-0.4, -0.2) is 47.0 Å². The number of hydrogen-bond acceptors (Lipinski definition) is 2. The van der Waals surface area contributed by atoms with Crippen LogP contribution in [0, 0.1) is 5.92 Å². The van der Waals surface area contributed by atoms with Gasteiger partial charge in [-0.2, -0.15) is 0 Å². The molecule has 0 saturated carbocycles. The van der Waals surface area contributed by atoms with Crippen molar-refractivity contribution in [3.8, 4) is 0 Å². The summed E-state index contributed by atoms with van der Waals surface area (Å²) in [6, 6.07) is 0. The minimum absolute atomic E-state index is 0.529. The molecule has 0 amide bonds. The fourth-order valence-corrected chi connectivity index (χ4v) is 17.1. The molecule has 1 unspecified atom stereocenters. The largest absolute Gasteiger partial charge is 0.363 e. The van der Waals surface area contributed by atoms with Crippen LogP contribution in [0.2, 0.25) is 44.4 Å². The van der Waals surface area contributed by atoms with E-state index in [4.69, 9.17) is 4.74 Å². The number of rotatable bonds is 5. The van der Waals surface area contributed by atoms with Crippen molar-refractivity contribution >= 4 is 16.1 Å². The molecule has 1 heterocycles. The van der Waals surface area contributed by atoms with Gasteiger partial charge in [0.15, 0.2) is 0 Å². The Bertz CT molecular complexity index is 259. The summed E-state index contributed by atoms with van der Waals surface area (Å²) in [4.78, 5) is 2.48. The third kappa shape index (κ3) is 5.33. The molecule has 1 aliphatic rings. The Morgan fingerprint density at radius 3 is 1.89 bits per heavy atom. The highest BCUT2D eigenvalue weighted by molar-refractivity contribution is 6.96. The van der Waals surface area contributed by atoms with Crippen molar-refractivity contribution in [2.45, 2.75) is 70.8 Å². The molecule has 1 saturated heterocycles. The minimum atomic E-state index is -1.15. The lowest BCUT2D eigenvalue weighted by molar-refractivity contribution is -0.0682. The molecule has 0 aliphatic carbocycles. The Morgan fingerprint density at radius 1 is 1.05 bits per heavy atom. The molecule has 0 aromatic carbocycles. The first kappa shape index (κ1) is 17.4. The van der Waals surface area contributed by atoms with E-state index < -0.39 is 16.1 Å². The Kier molecular flexibility index (Phi) is 5.88. The fourth-order valence-electron chi connectivity index (χ4n) is 4.00. The van der Waals surface area contributed by atoms with Crippen LogP contribution in [0.5, 0.6) is 0 Å². The third-order valence-electron chi connectivity index (χ3n) is 4.06. The molecule has 1 rings (SSSR count). The molecule has 19 heavy (non-hydrogen) atoms. The molecular formula is C15H35NOSi2. The van der Waals surface area contributed by atoms with Gasteiger partial charge in [0.05, 0.1) is 12.8 Å². The van der Waals surface area contributed by atoms with Crippen molar-refractivity contribution in [3.05, 3.63) is 0 Å². The van der Waals surface area contributed by atoms with E-state index in [1.54, 1.807) is 0 Å². The predicted octanol–water partition coefficient (Wildman–Crippen LogP) is 4.28. The van der Waals surface area contributed by atoms with Crippen LogP contribution >= 0.6 is 0 Å². The molecule has 4 heteroatoms. The van der Waals surface area contributed by atoms with Crippen LogP contribution in [0.4, 0.5) is 0 Å². The van der Waals surface area contributed by atoms with Crippen molar-refractivity contribution in [2.75, 3.05) is 19.8 Å². The number of ether oxygens (including phenoxy) is 1. The van der Waals surface area contributed by atoms with Gasteiger partial charge in [0.1, 0.15) is 0 Å². The standard InChI is InChI=1S/C15H35NOSi2/c1-13(2)11-16-10-9-14(17-12-16)15(18(3,4)5)19(6,7)8/h13-15H,9-12H2,1-8H3. The van der Waals surface area contributed by atoms with Crippen molar-refractivity contribution in [2.24, 2.45) is 5.92 Å². The highest BCUT2D eigenvalue weighted by atomic mass is 28.4. The SMILES string of the molecule is CC(C)CN1CCC(C([Si](C)(C)C)[Si](C)(C)C)OC1. The third-order valence-corrected chi connectivity index (χ3v) is 13.7. The summed E-state index contributed by atoms with van der Waals surface area (Å²) in [5, 5.41) is 0.876. The van der Waals surface area contributed by atoms with Gasteiger partial charge in [0, 0.05) is 29.2 Å². The molecular weight excluding hydrogens is 266 g/mol. The lowest BCUT2D eigenvalue weighted by Crippen LogP contribution is -2.54. The van der Waals surface area contributed by atoms with Crippen molar-refractivity contribution < 1.29 is 4.74 Å². The summed E-state index contributed by atoms with van der Waals surface area (Å²) in [6.07, 6.45) is 1.77. The van der Waals surface area contributed by atoms with Crippen molar-refractivity contribution in [3.63, 3.8) is 0 Å². The van der Waals surface area contributed by atoms with Gasteiger partial charge >= 0.3 is 0 Å². The van der Waals surface area contributed by atoms with Gasteiger partial charge in [-0.05, 0) is 17.5 Å². The van der Waals surface area contributed by atoms with E-state index >= 15 is 0 Å². The quantitative estimate of drug-likeness (QED) is 0.703. The lowest BCUT2D eigenvalue weighted by atomic mass is 10.2. The van der Waals surface area contributed by atoms with E-state index in [9.17, 15) is 0 Å². The van der Waals surface area contributed by atoms with E-state index in [0.29, 0.717) is 6.10 Å². The van der Waals surface area contributed by atoms with E-state index in [1.165, 1.54) is 19.5 Å². The van der Waals surface area contributed by atoms with Crippen LogP contribution in [0.3, 0.4) is 0 Å². The van der Waals surface area contributed by atoms with E-state index in [-0.39, 0.29) is 0 Å². The second-order valence-electron chi connectivity index (χ2n) is 8.80. The first-order valence-electron chi connectivity index (χ1n) is 7.85. The molecule has 0 spiro atoms. The average molecular weight is 302 g/mol. The maximum absolute atomic E-state index is 6.30. The van der Waals surface area contributed by atoms with Gasteiger partial charge in [-0.15, -0.1) is 0 Å². The minimum Gasteiger partial charge on any atom is -0.363 e. The summed E-state index contributed by atoms with van der Waals surface area (Å²) in [5.74, 6) is 0.741. The maximum atomic E-state index is 6.30. The Labute approximate surface area is 122 Å². The fraction of sp³-hybridized carbons (Fsp3) is 1.00. The number of hydrogen-bond donors (Lipinski definition) is 0. The van der Waals surface area contributed by atoms with E-state index in [1.807, 2.05) is 0 Å². The molecule has 0 aromatic heterocycles. The summed E-state index contributed by atoms with van der Waals surface area (Å²) < 4.78 is 6.30. The molecule has 114 valence electrons. The summed E-state index contributed by atoms with van der Waals surface area (Å²) >= 11 is 0. The predicted molar refractivity (Wildman–Crippen MR) is 91.2 cm³/mol. The molecule has 2 nitrogen and oxygen atoms in total. The first-order valence-corrected chi connectivity index (χ1v) is 15.0. The van der Waals surface area contributed by atoms with Gasteiger partial charge in [-0.1, -0.05) is 53.1 Å². The molecule has 1 aliphatic heterocycles. The second-order valence-corrected chi connectivity index (χ2v) is 20.1. The van der Waals surface area contributed by atoms with Crippen molar-refractivity contribution in [1.82, 2.24) is 4.90 Å². The molecule has 1 fully saturated rings. The first-order chi connectivity index (χ1) is 8.51. The monoisotopic (exact) mass is 301 g/mol. The van der Waals surface area contributed by atoms with Gasteiger partial charge in [-0.25, -0.2) is 0 Å². The highest BCUT2D eigenvalue weighted by Gasteiger charge is 2.44. The van der Waals surface area contributed by atoms with Crippen LogP contribution in [0.25, 0.3) is 0 Å². The zero-order valence-electron chi connectivity index (χ0n) is 14.4. The van der Waals surface area contributed by atoms with Gasteiger partial charge in [0.2, 0.25) is 0 Å². The Morgan fingerprint density at radius 2 is 1.58 bits per heavy atom. The number of nitrogens with zero attached hydrogens (tertiary/aromatic N) is 1. The molecule has 0 N–H and O–H groups in total. The van der Waals surface area contributed by atoms with Gasteiger partial charge in [-0.3, -0.25) is 4.90 Å². The summed E-state index contributed by atoms with van der Waals surface area (Å²) in [6.45, 7) is 23.0. The zero-order valence-corrected chi connectivity index (χ0v) is 16.4. The van der Waals surface area contributed by atoms with E-state index in [2.05, 4.69) is 58.0 Å². The molecule has 0 bridgehead atoms. The Hall–Kier alpha value is 0.354. The van der Waals surface area contributed by atoms with Crippen molar-refractivity contribution in [1.29, 1.82) is 0 Å². The molecule has 0 aromatic rings. The highest BCUT2D eigenvalue weighted by Crippen LogP contribution is 2.39. The summed E-state index contributed by atoms with van der Waals surface area (Å²) in [5.41, 5.74) is 0. The molecule has 0 radical (unpaired) electrons. The summed E-state index contributed by atoms with van der Waals surface area (Å²) in [7, 11) is -2.29. The van der Waals surface area contributed by atoms with Crippen LogP contribution in [0.1, 0.15) is 20.3 Å². The average Bonchev–Trinajstić information content (AvgIpc) is 2.15. The Balaban J connectivity index is 2.66. The van der Waals surface area contributed by atoms with Gasteiger partial charge in [0.25, 0.3) is 0 Å². The van der Waals surface area contributed by atoms with E-state index in [0.717, 1.165) is 17.8 Å². The van der Waals surface area contributed by atoms with Crippen LogP contribution in [0.15, 0.2) is 0 Å². The van der Waals surface area contributed by atoms with Crippen LogP contribution < -0.4 is 0 Å². The smallest absolute Gasteiger partial charge is 0.0993 e. The zero-order chi connectivity index (χ0) is 14.8.